The summed E-state index contributed by atoms with van der Waals surface area (Å²) in [6, 6.07) is 3.93. The zero-order chi connectivity index (χ0) is 29.0. The fourth-order valence-electron chi connectivity index (χ4n) is 5.19. The highest BCUT2D eigenvalue weighted by Crippen LogP contribution is 2.32. The standard InChI is InChI=1S/C28H37N5O7/c1-28(2,3)40-27(39)32-14-11-17(16-32)15-22(35)30-13-5-4-12-29-19-8-6-7-18-23(19)26(38)33(25(18)37)20-9-10-21(34)31-24(20)36/h6-8,17,20,29H,4-5,9-16H2,1-3H3,(H,30,35)(H,31,34,36)/t17-,20?/m0/s1. The van der Waals surface area contributed by atoms with Crippen LogP contribution in [0.25, 0.3) is 0 Å². The Labute approximate surface area is 233 Å². The van der Waals surface area contributed by atoms with Gasteiger partial charge in [-0.3, -0.25) is 34.2 Å². The minimum atomic E-state index is -1.01. The Morgan fingerprint density at radius 1 is 1.05 bits per heavy atom. The first-order valence-electron chi connectivity index (χ1n) is 13.8. The lowest BCUT2D eigenvalue weighted by atomic mass is 10.0. The third kappa shape index (κ3) is 6.78. The number of ether oxygens (including phenoxy) is 1. The maximum Gasteiger partial charge on any atom is 0.410 e. The maximum absolute atomic E-state index is 13.1. The van der Waals surface area contributed by atoms with Gasteiger partial charge in [0, 0.05) is 44.7 Å². The number of amides is 6. The van der Waals surface area contributed by atoms with Gasteiger partial charge in [-0.2, -0.15) is 0 Å². The van der Waals surface area contributed by atoms with E-state index in [1.54, 1.807) is 23.1 Å². The van der Waals surface area contributed by atoms with Crippen LogP contribution in [0.1, 0.15) is 80.0 Å². The first-order chi connectivity index (χ1) is 18.9. The molecule has 0 aromatic heterocycles. The maximum atomic E-state index is 13.1. The van der Waals surface area contributed by atoms with E-state index in [0.29, 0.717) is 51.1 Å². The summed E-state index contributed by atoms with van der Waals surface area (Å²) in [7, 11) is 0. The molecule has 6 amide bonds. The van der Waals surface area contributed by atoms with Crippen molar-refractivity contribution in [2.24, 2.45) is 5.92 Å². The number of fused-ring (bicyclic) bond motifs is 1. The number of nitrogens with one attached hydrogen (secondary N) is 3. The molecule has 3 heterocycles. The summed E-state index contributed by atoms with van der Waals surface area (Å²) < 4.78 is 5.40. The molecule has 3 aliphatic heterocycles. The number of likely N-dealkylation sites (tertiary alicyclic amines) is 1. The number of unbranched alkanes of at least 4 members (excludes halogenated alkanes) is 1. The van der Waals surface area contributed by atoms with E-state index in [0.717, 1.165) is 11.3 Å². The molecule has 40 heavy (non-hydrogen) atoms. The Morgan fingerprint density at radius 3 is 2.52 bits per heavy atom. The van der Waals surface area contributed by atoms with Crippen molar-refractivity contribution in [1.82, 2.24) is 20.4 Å². The van der Waals surface area contributed by atoms with Crippen LogP contribution in [0.15, 0.2) is 18.2 Å². The number of nitrogens with zero attached hydrogens (tertiary/aromatic N) is 2. The van der Waals surface area contributed by atoms with Gasteiger partial charge < -0.3 is 20.3 Å². The van der Waals surface area contributed by atoms with E-state index < -0.39 is 35.3 Å². The molecule has 2 fully saturated rings. The Bertz CT molecular complexity index is 1210. The summed E-state index contributed by atoms with van der Waals surface area (Å²) in [5.41, 5.74) is 0.405. The summed E-state index contributed by atoms with van der Waals surface area (Å²) in [6.07, 6.45) is 2.36. The molecule has 0 saturated carbocycles. The number of rotatable bonds is 9. The van der Waals surface area contributed by atoms with E-state index in [4.69, 9.17) is 4.74 Å². The molecule has 0 bridgehead atoms. The molecule has 2 atom stereocenters. The molecule has 0 spiro atoms. The Morgan fingerprint density at radius 2 is 1.80 bits per heavy atom. The number of carbonyl (C=O) groups is 6. The molecule has 12 heteroatoms. The molecule has 12 nitrogen and oxygen atoms in total. The SMILES string of the molecule is CC(C)(C)OC(=O)N1CC[C@@H](CC(=O)NCCCCNc2cccc3c2C(=O)N(C2CCC(=O)NC2=O)C3=O)C1. The van der Waals surface area contributed by atoms with E-state index in [9.17, 15) is 28.8 Å². The van der Waals surface area contributed by atoms with Gasteiger partial charge in [0.05, 0.1) is 11.1 Å². The van der Waals surface area contributed by atoms with Crippen LogP contribution < -0.4 is 16.0 Å². The van der Waals surface area contributed by atoms with E-state index in [1.165, 1.54) is 0 Å². The van der Waals surface area contributed by atoms with E-state index in [-0.39, 0.29) is 41.9 Å². The van der Waals surface area contributed by atoms with Crippen molar-refractivity contribution < 1.29 is 33.5 Å². The fourth-order valence-corrected chi connectivity index (χ4v) is 5.19. The number of anilines is 1. The minimum absolute atomic E-state index is 0.0532. The Kier molecular flexibility index (Phi) is 8.75. The van der Waals surface area contributed by atoms with Gasteiger partial charge in [-0.05, 0) is 64.5 Å². The van der Waals surface area contributed by atoms with Gasteiger partial charge in [0.2, 0.25) is 17.7 Å². The van der Waals surface area contributed by atoms with Gasteiger partial charge in [-0.25, -0.2) is 4.79 Å². The minimum Gasteiger partial charge on any atom is -0.444 e. The van der Waals surface area contributed by atoms with Crippen LogP contribution >= 0.6 is 0 Å². The van der Waals surface area contributed by atoms with Crippen molar-refractivity contribution in [1.29, 1.82) is 0 Å². The topological polar surface area (TPSA) is 154 Å². The van der Waals surface area contributed by atoms with Gasteiger partial charge >= 0.3 is 6.09 Å². The number of benzene rings is 1. The second kappa shape index (κ2) is 12.1. The average Bonchev–Trinajstić information content (AvgIpc) is 3.44. The van der Waals surface area contributed by atoms with Crippen LogP contribution in [-0.2, 0) is 19.1 Å². The van der Waals surface area contributed by atoms with Crippen molar-refractivity contribution in [2.75, 3.05) is 31.5 Å². The predicted molar refractivity (Wildman–Crippen MR) is 144 cm³/mol. The van der Waals surface area contributed by atoms with Crippen LogP contribution in [-0.4, -0.2) is 83.3 Å². The van der Waals surface area contributed by atoms with E-state index >= 15 is 0 Å². The van der Waals surface area contributed by atoms with Crippen molar-refractivity contribution in [3.63, 3.8) is 0 Å². The molecule has 3 aliphatic rings. The molecular weight excluding hydrogens is 518 g/mol. The number of piperidine rings is 1. The normalized spacial score (nSPS) is 20.9. The predicted octanol–water partition coefficient (Wildman–Crippen LogP) is 2.04. The number of carbonyl (C=O) groups excluding carboxylic acids is 6. The molecule has 3 N–H and O–H groups in total. The summed E-state index contributed by atoms with van der Waals surface area (Å²) >= 11 is 0. The highest BCUT2D eigenvalue weighted by atomic mass is 16.6. The molecular formula is C28H37N5O7. The first-order valence-corrected chi connectivity index (χ1v) is 13.8. The number of hydrogen-bond acceptors (Lipinski definition) is 8. The summed E-state index contributed by atoms with van der Waals surface area (Å²) in [6.45, 7) is 7.58. The quantitative estimate of drug-likeness (QED) is 0.309. The lowest BCUT2D eigenvalue weighted by Gasteiger charge is -2.27. The number of imide groups is 2. The fraction of sp³-hybridized carbons (Fsp3) is 0.571. The largest absolute Gasteiger partial charge is 0.444 e. The van der Waals surface area contributed by atoms with Crippen LogP contribution in [0.2, 0.25) is 0 Å². The van der Waals surface area contributed by atoms with Gasteiger partial charge in [0.15, 0.2) is 0 Å². The number of hydrogen-bond donors (Lipinski definition) is 3. The zero-order valence-corrected chi connectivity index (χ0v) is 23.2. The van der Waals surface area contributed by atoms with Crippen molar-refractivity contribution in [3.05, 3.63) is 29.3 Å². The van der Waals surface area contributed by atoms with Crippen molar-refractivity contribution in [3.8, 4) is 0 Å². The molecule has 1 aromatic rings. The van der Waals surface area contributed by atoms with Crippen molar-refractivity contribution in [2.45, 2.75) is 70.9 Å². The summed E-state index contributed by atoms with van der Waals surface area (Å²) in [5.74, 6) is -2.10. The monoisotopic (exact) mass is 555 g/mol. The zero-order valence-electron chi connectivity index (χ0n) is 23.2. The van der Waals surface area contributed by atoms with E-state index in [1.807, 2.05) is 20.8 Å². The van der Waals surface area contributed by atoms with Crippen LogP contribution in [0.5, 0.6) is 0 Å². The third-order valence-corrected chi connectivity index (χ3v) is 7.12. The van der Waals surface area contributed by atoms with Crippen LogP contribution in [0, 0.1) is 5.92 Å². The Hall–Kier alpha value is -3.96. The highest BCUT2D eigenvalue weighted by Gasteiger charge is 2.45. The van der Waals surface area contributed by atoms with Gasteiger partial charge in [0.1, 0.15) is 11.6 Å². The second-order valence-corrected chi connectivity index (χ2v) is 11.4. The molecule has 0 aliphatic carbocycles. The van der Waals surface area contributed by atoms with Gasteiger partial charge in [-0.1, -0.05) is 6.07 Å². The highest BCUT2D eigenvalue weighted by molar-refractivity contribution is 6.25. The first kappa shape index (κ1) is 29.0. The lowest BCUT2D eigenvalue weighted by molar-refractivity contribution is -0.136. The summed E-state index contributed by atoms with van der Waals surface area (Å²) in [5, 5.41) is 8.32. The van der Waals surface area contributed by atoms with Gasteiger partial charge in [0.25, 0.3) is 11.8 Å². The Balaban J connectivity index is 1.18. The molecule has 4 rings (SSSR count). The smallest absolute Gasteiger partial charge is 0.410 e. The van der Waals surface area contributed by atoms with Crippen LogP contribution in [0.3, 0.4) is 0 Å². The van der Waals surface area contributed by atoms with Gasteiger partial charge in [-0.15, -0.1) is 0 Å². The summed E-state index contributed by atoms with van der Waals surface area (Å²) in [4.78, 5) is 77.0. The van der Waals surface area contributed by atoms with Crippen molar-refractivity contribution >= 4 is 41.3 Å². The molecule has 0 radical (unpaired) electrons. The average molecular weight is 556 g/mol. The lowest BCUT2D eigenvalue weighted by Crippen LogP contribution is -2.54. The molecule has 1 aromatic carbocycles. The third-order valence-electron chi connectivity index (χ3n) is 7.12. The second-order valence-electron chi connectivity index (χ2n) is 11.4. The molecule has 2 saturated heterocycles. The molecule has 1 unspecified atom stereocenters. The molecule has 216 valence electrons. The van der Waals surface area contributed by atoms with Crippen LogP contribution in [0.4, 0.5) is 10.5 Å². The van der Waals surface area contributed by atoms with E-state index in [2.05, 4.69) is 16.0 Å².